The van der Waals surface area contributed by atoms with E-state index in [1.54, 1.807) is 22.0 Å². The van der Waals surface area contributed by atoms with Gasteiger partial charge < -0.3 is 10.0 Å². The first-order valence-corrected chi connectivity index (χ1v) is 7.61. The average Bonchev–Trinajstić information content (AvgIpc) is 3.01. The molecule has 0 radical (unpaired) electrons. The van der Waals surface area contributed by atoms with Crippen LogP contribution in [0.4, 0.5) is 0 Å². The number of benzene rings is 1. The minimum Gasteiger partial charge on any atom is -0.387 e. The second kappa shape index (κ2) is 7.22. The number of nitrogens with zero attached hydrogens (tertiary/aromatic N) is 3. The number of hydrogen-bond donors (Lipinski definition) is 1. The summed E-state index contributed by atoms with van der Waals surface area (Å²) >= 11 is 0. The molecule has 1 amide bonds. The number of carbonyl (C=O) groups excluding carboxylic acids is 1. The molecule has 0 aliphatic heterocycles. The fourth-order valence-electron chi connectivity index (χ4n) is 2.29. The molecule has 0 fully saturated rings. The molecule has 5 nitrogen and oxygen atoms in total. The molecule has 0 spiro atoms. The van der Waals surface area contributed by atoms with Crippen molar-refractivity contribution < 1.29 is 9.90 Å². The molecule has 1 aromatic carbocycles. The molecule has 0 bridgehead atoms. The highest BCUT2D eigenvalue weighted by atomic mass is 16.3. The highest BCUT2D eigenvalue weighted by Crippen LogP contribution is 2.16. The SMILES string of the molecule is CCN(C[C@H](O)c1ccc(C)cc1)C(=O)c1cnn(CC)c1. The number of aliphatic hydroxyl groups excluding tert-OH is 1. The fourth-order valence-corrected chi connectivity index (χ4v) is 2.29. The zero-order valence-corrected chi connectivity index (χ0v) is 13.4. The van der Waals surface area contributed by atoms with Crippen LogP contribution < -0.4 is 0 Å². The monoisotopic (exact) mass is 301 g/mol. The fraction of sp³-hybridized carbons (Fsp3) is 0.412. The molecular formula is C17H23N3O2. The van der Waals surface area contributed by atoms with Crippen molar-refractivity contribution in [1.82, 2.24) is 14.7 Å². The Hall–Kier alpha value is -2.14. The van der Waals surface area contributed by atoms with E-state index < -0.39 is 6.10 Å². The van der Waals surface area contributed by atoms with Crippen molar-refractivity contribution in [3.8, 4) is 0 Å². The predicted molar refractivity (Wildman–Crippen MR) is 85.6 cm³/mol. The number of likely N-dealkylation sites (N-methyl/N-ethyl adjacent to an activating group) is 1. The van der Waals surface area contributed by atoms with E-state index in [-0.39, 0.29) is 12.5 Å². The Balaban J connectivity index is 2.07. The first-order chi connectivity index (χ1) is 10.5. The van der Waals surface area contributed by atoms with E-state index in [2.05, 4.69) is 5.10 Å². The van der Waals surface area contributed by atoms with Crippen LogP contribution in [0.15, 0.2) is 36.7 Å². The Bertz CT molecular complexity index is 619. The van der Waals surface area contributed by atoms with E-state index >= 15 is 0 Å². The predicted octanol–water partition coefficient (Wildman–Crippen LogP) is 2.41. The topological polar surface area (TPSA) is 58.4 Å². The van der Waals surface area contributed by atoms with E-state index in [1.165, 1.54) is 0 Å². The third-order valence-corrected chi connectivity index (χ3v) is 3.73. The third kappa shape index (κ3) is 3.74. The molecule has 0 unspecified atom stereocenters. The molecular weight excluding hydrogens is 278 g/mol. The Morgan fingerprint density at radius 2 is 2.00 bits per heavy atom. The number of aryl methyl sites for hydroxylation is 2. The van der Waals surface area contributed by atoms with Crippen molar-refractivity contribution in [2.75, 3.05) is 13.1 Å². The van der Waals surface area contributed by atoms with Gasteiger partial charge in [-0.2, -0.15) is 5.10 Å². The maximum Gasteiger partial charge on any atom is 0.257 e. The summed E-state index contributed by atoms with van der Waals surface area (Å²) in [6.07, 6.45) is 2.63. The van der Waals surface area contributed by atoms with Crippen LogP contribution in [0.1, 0.15) is 41.4 Å². The highest BCUT2D eigenvalue weighted by Gasteiger charge is 2.19. The average molecular weight is 301 g/mol. The van der Waals surface area contributed by atoms with Crippen molar-refractivity contribution in [3.63, 3.8) is 0 Å². The lowest BCUT2D eigenvalue weighted by atomic mass is 10.1. The second-order valence-electron chi connectivity index (χ2n) is 5.35. The lowest BCUT2D eigenvalue weighted by molar-refractivity contribution is 0.0635. The largest absolute Gasteiger partial charge is 0.387 e. The minimum absolute atomic E-state index is 0.103. The molecule has 1 aromatic heterocycles. The Labute approximate surface area is 131 Å². The van der Waals surface area contributed by atoms with Crippen molar-refractivity contribution >= 4 is 5.91 Å². The lowest BCUT2D eigenvalue weighted by Crippen LogP contribution is -2.34. The van der Waals surface area contributed by atoms with Crippen molar-refractivity contribution in [2.24, 2.45) is 0 Å². The van der Waals surface area contributed by atoms with Gasteiger partial charge in [-0.15, -0.1) is 0 Å². The quantitative estimate of drug-likeness (QED) is 0.891. The number of rotatable bonds is 6. The maximum absolute atomic E-state index is 12.5. The Morgan fingerprint density at radius 1 is 1.32 bits per heavy atom. The van der Waals surface area contributed by atoms with Gasteiger partial charge in [0.05, 0.1) is 24.4 Å². The first kappa shape index (κ1) is 16.2. The zero-order chi connectivity index (χ0) is 16.1. The van der Waals surface area contributed by atoms with Gasteiger partial charge in [0, 0.05) is 19.3 Å². The minimum atomic E-state index is -0.689. The van der Waals surface area contributed by atoms with E-state index in [0.29, 0.717) is 12.1 Å². The number of amides is 1. The molecule has 1 N–H and O–H groups in total. The Kier molecular flexibility index (Phi) is 5.33. The smallest absolute Gasteiger partial charge is 0.257 e. The molecule has 0 aliphatic carbocycles. The van der Waals surface area contributed by atoms with Crippen LogP contribution in [0, 0.1) is 6.92 Å². The van der Waals surface area contributed by atoms with Gasteiger partial charge in [-0.1, -0.05) is 29.8 Å². The summed E-state index contributed by atoms with van der Waals surface area (Å²) < 4.78 is 1.72. The van der Waals surface area contributed by atoms with E-state index in [9.17, 15) is 9.90 Å². The van der Waals surface area contributed by atoms with Crippen LogP contribution in [-0.2, 0) is 6.54 Å². The van der Waals surface area contributed by atoms with Gasteiger partial charge in [0.1, 0.15) is 0 Å². The standard InChI is InChI=1S/C17H23N3O2/c1-4-19(17(22)15-10-18-20(5-2)11-15)12-16(21)14-8-6-13(3)7-9-14/h6-11,16,21H,4-5,12H2,1-3H3/t16-/m0/s1. The van der Waals surface area contributed by atoms with Crippen LogP contribution in [-0.4, -0.2) is 38.8 Å². The van der Waals surface area contributed by atoms with Crippen LogP contribution in [0.5, 0.6) is 0 Å². The van der Waals surface area contributed by atoms with Crippen LogP contribution in [0.25, 0.3) is 0 Å². The summed E-state index contributed by atoms with van der Waals surface area (Å²) in [5.41, 5.74) is 2.52. The van der Waals surface area contributed by atoms with Gasteiger partial charge in [0.15, 0.2) is 0 Å². The maximum atomic E-state index is 12.5. The van der Waals surface area contributed by atoms with Crippen molar-refractivity contribution in [3.05, 3.63) is 53.3 Å². The van der Waals surface area contributed by atoms with Gasteiger partial charge in [0.25, 0.3) is 5.91 Å². The molecule has 2 aromatic rings. The molecule has 2 rings (SSSR count). The molecule has 5 heteroatoms. The lowest BCUT2D eigenvalue weighted by Gasteiger charge is -2.23. The summed E-state index contributed by atoms with van der Waals surface area (Å²) in [4.78, 5) is 14.1. The second-order valence-corrected chi connectivity index (χ2v) is 5.35. The molecule has 1 heterocycles. The first-order valence-electron chi connectivity index (χ1n) is 7.61. The van der Waals surface area contributed by atoms with Gasteiger partial charge in [-0.3, -0.25) is 9.48 Å². The summed E-state index contributed by atoms with van der Waals surface area (Å²) in [5, 5.41) is 14.5. The van der Waals surface area contributed by atoms with Crippen LogP contribution in [0.2, 0.25) is 0 Å². The van der Waals surface area contributed by atoms with E-state index in [0.717, 1.165) is 17.7 Å². The number of aromatic nitrogens is 2. The molecule has 22 heavy (non-hydrogen) atoms. The Morgan fingerprint density at radius 3 is 2.55 bits per heavy atom. The molecule has 118 valence electrons. The normalized spacial score (nSPS) is 12.2. The van der Waals surface area contributed by atoms with E-state index in [1.807, 2.05) is 45.0 Å². The molecule has 0 saturated carbocycles. The van der Waals surface area contributed by atoms with Crippen LogP contribution >= 0.6 is 0 Å². The highest BCUT2D eigenvalue weighted by molar-refractivity contribution is 5.93. The van der Waals surface area contributed by atoms with Crippen molar-refractivity contribution in [1.29, 1.82) is 0 Å². The third-order valence-electron chi connectivity index (χ3n) is 3.73. The summed E-state index contributed by atoms with van der Waals surface area (Å²) in [6.45, 7) is 7.42. The number of carbonyl (C=O) groups is 1. The van der Waals surface area contributed by atoms with Crippen LogP contribution in [0.3, 0.4) is 0 Å². The molecule has 0 aliphatic rings. The van der Waals surface area contributed by atoms with E-state index in [4.69, 9.17) is 0 Å². The summed E-state index contributed by atoms with van der Waals surface area (Å²) in [7, 11) is 0. The molecule has 0 saturated heterocycles. The number of hydrogen-bond acceptors (Lipinski definition) is 3. The molecule has 1 atom stereocenters. The summed E-state index contributed by atoms with van der Waals surface area (Å²) in [6, 6.07) is 7.71. The van der Waals surface area contributed by atoms with Gasteiger partial charge in [-0.25, -0.2) is 0 Å². The zero-order valence-electron chi connectivity index (χ0n) is 13.4. The summed E-state index contributed by atoms with van der Waals surface area (Å²) in [5.74, 6) is -0.103. The van der Waals surface area contributed by atoms with Gasteiger partial charge in [0.2, 0.25) is 0 Å². The van der Waals surface area contributed by atoms with Gasteiger partial charge >= 0.3 is 0 Å². The number of aliphatic hydroxyl groups is 1. The van der Waals surface area contributed by atoms with Crippen molar-refractivity contribution in [2.45, 2.75) is 33.4 Å². The van der Waals surface area contributed by atoms with Gasteiger partial charge in [-0.05, 0) is 26.3 Å².